The number of nitrogens with one attached hydrogen (secondary N) is 1. The summed E-state index contributed by atoms with van der Waals surface area (Å²) in [5, 5.41) is 2.86. The van der Waals surface area contributed by atoms with Gasteiger partial charge >= 0.3 is 0 Å². The fraction of sp³-hybridized carbons (Fsp3) is 0.316. The number of hydrogen-bond donors (Lipinski definition) is 1. The van der Waals surface area contributed by atoms with Gasteiger partial charge in [-0.3, -0.25) is 9.10 Å². The Morgan fingerprint density at radius 2 is 1.57 bits per heavy atom. The standard InChI is InChI=1S/C19H24N2O5S2/c1-13-17(7-6-8-18(13)21(3)28(5,25)26)19(22)20-14(2)15-9-11-16(12-10-15)27(4,23)24/h6-12,14H,1-5H3,(H,20,22)/t14-/m1/s1. The van der Waals surface area contributed by atoms with Crippen LogP contribution in [0.5, 0.6) is 0 Å². The predicted octanol–water partition coefficient (Wildman–Crippen LogP) is 2.29. The molecule has 28 heavy (non-hydrogen) atoms. The van der Waals surface area contributed by atoms with Crippen LogP contribution in [0.1, 0.15) is 34.5 Å². The number of rotatable bonds is 6. The van der Waals surface area contributed by atoms with E-state index < -0.39 is 19.9 Å². The van der Waals surface area contributed by atoms with Gasteiger partial charge in [0.1, 0.15) is 0 Å². The molecule has 0 aliphatic carbocycles. The van der Waals surface area contributed by atoms with E-state index >= 15 is 0 Å². The molecule has 9 heteroatoms. The molecule has 0 unspecified atom stereocenters. The van der Waals surface area contributed by atoms with Gasteiger partial charge < -0.3 is 5.32 Å². The number of hydrogen-bond acceptors (Lipinski definition) is 5. The summed E-state index contributed by atoms with van der Waals surface area (Å²) in [6.45, 7) is 3.48. The number of nitrogens with zero attached hydrogens (tertiary/aromatic N) is 1. The normalized spacial score (nSPS) is 13.0. The molecule has 152 valence electrons. The molecule has 1 N–H and O–H groups in total. The van der Waals surface area contributed by atoms with Crippen molar-refractivity contribution in [1.29, 1.82) is 0 Å². The lowest BCUT2D eigenvalue weighted by molar-refractivity contribution is 0.0939. The minimum atomic E-state index is -3.45. The topological polar surface area (TPSA) is 101 Å². The van der Waals surface area contributed by atoms with Gasteiger partial charge in [0.15, 0.2) is 9.84 Å². The summed E-state index contributed by atoms with van der Waals surface area (Å²) in [6, 6.07) is 10.8. The quantitative estimate of drug-likeness (QED) is 0.767. The van der Waals surface area contributed by atoms with E-state index in [2.05, 4.69) is 5.32 Å². The average molecular weight is 425 g/mol. The van der Waals surface area contributed by atoms with Crippen molar-refractivity contribution in [2.24, 2.45) is 0 Å². The van der Waals surface area contributed by atoms with Crippen LogP contribution in [0.2, 0.25) is 0 Å². The molecule has 2 aromatic carbocycles. The van der Waals surface area contributed by atoms with Crippen LogP contribution in [-0.4, -0.2) is 42.3 Å². The van der Waals surface area contributed by atoms with Gasteiger partial charge in [0, 0.05) is 18.9 Å². The third-order valence-corrected chi connectivity index (χ3v) is 6.86. The molecule has 0 heterocycles. The Morgan fingerprint density at radius 3 is 2.07 bits per heavy atom. The van der Waals surface area contributed by atoms with Crippen LogP contribution in [0.3, 0.4) is 0 Å². The van der Waals surface area contributed by atoms with Gasteiger partial charge in [-0.25, -0.2) is 16.8 Å². The van der Waals surface area contributed by atoms with Gasteiger partial charge in [-0.2, -0.15) is 0 Å². The molecule has 2 aromatic rings. The highest BCUT2D eigenvalue weighted by Crippen LogP contribution is 2.25. The summed E-state index contributed by atoms with van der Waals surface area (Å²) in [4.78, 5) is 12.9. The van der Waals surface area contributed by atoms with Crippen molar-refractivity contribution >= 4 is 31.5 Å². The SMILES string of the molecule is Cc1c(C(=O)N[C@H](C)c2ccc(S(C)(=O)=O)cc2)cccc1N(C)S(C)(=O)=O. The summed E-state index contributed by atoms with van der Waals surface area (Å²) in [5.74, 6) is -0.346. The van der Waals surface area contributed by atoms with E-state index in [1.54, 1.807) is 44.2 Å². The van der Waals surface area contributed by atoms with E-state index in [9.17, 15) is 21.6 Å². The van der Waals surface area contributed by atoms with Crippen LogP contribution in [0.25, 0.3) is 0 Å². The molecular formula is C19H24N2O5S2. The number of sulfonamides is 1. The minimum absolute atomic E-state index is 0.210. The zero-order chi connectivity index (χ0) is 21.3. The molecule has 0 spiro atoms. The Bertz CT molecular complexity index is 1090. The summed E-state index contributed by atoms with van der Waals surface area (Å²) in [7, 11) is -5.30. The first-order chi connectivity index (χ1) is 12.8. The van der Waals surface area contributed by atoms with Gasteiger partial charge in [-0.05, 0) is 49.2 Å². The predicted molar refractivity (Wildman–Crippen MR) is 110 cm³/mol. The van der Waals surface area contributed by atoms with E-state index in [-0.39, 0.29) is 16.8 Å². The molecule has 0 aliphatic heterocycles. The number of carbonyl (C=O) groups is 1. The number of amides is 1. The lowest BCUT2D eigenvalue weighted by Crippen LogP contribution is -2.29. The second-order valence-corrected chi connectivity index (χ2v) is 10.7. The third kappa shape index (κ3) is 4.90. The highest BCUT2D eigenvalue weighted by Gasteiger charge is 2.20. The molecule has 0 fully saturated rings. The van der Waals surface area contributed by atoms with Crippen LogP contribution >= 0.6 is 0 Å². The lowest BCUT2D eigenvalue weighted by Gasteiger charge is -2.21. The van der Waals surface area contributed by atoms with Crippen LogP contribution in [0.4, 0.5) is 5.69 Å². The second-order valence-electron chi connectivity index (χ2n) is 6.72. The maximum absolute atomic E-state index is 12.7. The van der Waals surface area contributed by atoms with Crippen molar-refractivity contribution in [3.8, 4) is 0 Å². The fourth-order valence-electron chi connectivity index (χ4n) is 2.75. The molecule has 1 atom stereocenters. The van der Waals surface area contributed by atoms with Gasteiger partial charge in [-0.15, -0.1) is 0 Å². The molecule has 1 amide bonds. The average Bonchev–Trinajstić information content (AvgIpc) is 2.59. The number of sulfone groups is 1. The molecule has 0 aliphatic rings. The van der Waals surface area contributed by atoms with E-state index in [4.69, 9.17) is 0 Å². The van der Waals surface area contributed by atoms with Gasteiger partial charge in [0.05, 0.1) is 22.9 Å². The van der Waals surface area contributed by atoms with Crippen molar-refractivity contribution in [2.75, 3.05) is 23.9 Å². The minimum Gasteiger partial charge on any atom is -0.346 e. The Morgan fingerprint density at radius 1 is 1.00 bits per heavy atom. The van der Waals surface area contributed by atoms with Crippen LogP contribution in [-0.2, 0) is 19.9 Å². The summed E-state index contributed by atoms with van der Waals surface area (Å²) >= 11 is 0. The highest BCUT2D eigenvalue weighted by atomic mass is 32.2. The summed E-state index contributed by atoms with van der Waals surface area (Å²) < 4.78 is 47.9. The summed E-state index contributed by atoms with van der Waals surface area (Å²) in [5.41, 5.74) is 2.10. The van der Waals surface area contributed by atoms with Crippen molar-refractivity contribution in [3.63, 3.8) is 0 Å². The smallest absolute Gasteiger partial charge is 0.252 e. The van der Waals surface area contributed by atoms with Gasteiger partial charge in [0.25, 0.3) is 5.91 Å². The monoisotopic (exact) mass is 424 g/mol. The number of benzene rings is 2. The van der Waals surface area contributed by atoms with Crippen molar-refractivity contribution in [2.45, 2.75) is 24.8 Å². The van der Waals surface area contributed by atoms with E-state index in [1.807, 2.05) is 0 Å². The fourth-order valence-corrected chi connectivity index (χ4v) is 3.94. The first kappa shape index (κ1) is 21.9. The number of anilines is 1. The van der Waals surface area contributed by atoms with Crippen molar-refractivity contribution < 1.29 is 21.6 Å². The van der Waals surface area contributed by atoms with Crippen LogP contribution < -0.4 is 9.62 Å². The summed E-state index contributed by atoms with van der Waals surface area (Å²) in [6.07, 6.45) is 2.23. The Hall–Kier alpha value is -2.39. The molecule has 0 saturated heterocycles. The lowest BCUT2D eigenvalue weighted by atomic mass is 10.0. The molecule has 0 aromatic heterocycles. The second kappa shape index (κ2) is 7.92. The maximum Gasteiger partial charge on any atom is 0.252 e. The third-order valence-electron chi connectivity index (χ3n) is 4.54. The van der Waals surface area contributed by atoms with E-state index in [0.29, 0.717) is 16.8 Å². The largest absolute Gasteiger partial charge is 0.346 e. The molecular weight excluding hydrogens is 400 g/mol. The molecule has 0 radical (unpaired) electrons. The molecule has 2 rings (SSSR count). The van der Waals surface area contributed by atoms with Crippen molar-refractivity contribution in [3.05, 3.63) is 59.2 Å². The molecule has 0 bridgehead atoms. The van der Waals surface area contributed by atoms with Crippen molar-refractivity contribution in [1.82, 2.24) is 5.32 Å². The van der Waals surface area contributed by atoms with Crippen LogP contribution in [0, 0.1) is 6.92 Å². The zero-order valence-electron chi connectivity index (χ0n) is 16.4. The maximum atomic E-state index is 12.7. The number of carbonyl (C=O) groups excluding carboxylic acids is 1. The molecule has 0 saturated carbocycles. The van der Waals surface area contributed by atoms with E-state index in [1.165, 1.54) is 19.2 Å². The molecule has 7 nitrogen and oxygen atoms in total. The Kier molecular flexibility index (Phi) is 6.20. The Balaban J connectivity index is 2.25. The first-order valence-electron chi connectivity index (χ1n) is 8.46. The highest BCUT2D eigenvalue weighted by molar-refractivity contribution is 7.92. The zero-order valence-corrected chi connectivity index (χ0v) is 18.1. The van der Waals surface area contributed by atoms with Gasteiger partial charge in [-0.1, -0.05) is 18.2 Å². The first-order valence-corrected chi connectivity index (χ1v) is 12.2. The van der Waals surface area contributed by atoms with E-state index in [0.717, 1.165) is 22.4 Å². The Labute approximate surface area is 166 Å². The van der Waals surface area contributed by atoms with Gasteiger partial charge in [0.2, 0.25) is 10.0 Å². The van der Waals surface area contributed by atoms with Crippen LogP contribution in [0.15, 0.2) is 47.4 Å².